The van der Waals surface area contributed by atoms with E-state index in [9.17, 15) is 0 Å². The molecule has 1 aliphatic heterocycles. The number of fused-ring (bicyclic) bond motifs is 1. The van der Waals surface area contributed by atoms with E-state index in [1.54, 1.807) is 0 Å². The zero-order chi connectivity index (χ0) is 26.3. The molecule has 0 N–H and O–H groups in total. The molecule has 118 valence electrons. The summed E-state index contributed by atoms with van der Waals surface area (Å²) in [5, 5.41) is 0.302. The summed E-state index contributed by atoms with van der Waals surface area (Å²) in [5.41, 5.74) is -0.902. The van der Waals surface area contributed by atoms with Crippen LogP contribution < -0.4 is 0 Å². The van der Waals surface area contributed by atoms with Crippen LogP contribution in [0.3, 0.4) is 0 Å². The van der Waals surface area contributed by atoms with Crippen LogP contribution in [0.5, 0.6) is 0 Å². The van der Waals surface area contributed by atoms with Gasteiger partial charge in [0, 0.05) is 17.0 Å². The molecule has 4 rings (SSSR count). The van der Waals surface area contributed by atoms with Crippen LogP contribution in [0.15, 0.2) is 48.4 Å². The molecule has 0 radical (unpaired) electrons. The summed E-state index contributed by atoms with van der Waals surface area (Å²) < 4.78 is 102. The number of hydrogen-bond acceptors (Lipinski definition) is 2. The standard InChI is InChI=1S/C19H20ClN3/c20-16-9-7-15(8-10-16)13-23-18-6-2-1-5-17(18)21-19(23)14-22-11-3-4-12-22/h1-2,5-10H,3-4,11-14H2/i1D,2D,5D,6D,11D2,12D2,13D2,14D2. The first-order valence-corrected chi connectivity index (χ1v) is 7.38. The third-order valence-electron chi connectivity index (χ3n) is 3.26. The largest absolute Gasteiger partial charge is 0.322 e. The fourth-order valence-corrected chi connectivity index (χ4v) is 2.34. The Morgan fingerprint density at radius 1 is 1.13 bits per heavy atom. The van der Waals surface area contributed by atoms with Crippen LogP contribution >= 0.6 is 11.6 Å². The number of aromatic nitrogens is 2. The quantitative estimate of drug-likeness (QED) is 0.706. The molecule has 3 nitrogen and oxygen atoms in total. The summed E-state index contributed by atoms with van der Waals surface area (Å²) in [4.78, 5) is 4.41. The average molecular weight is 338 g/mol. The van der Waals surface area contributed by atoms with Gasteiger partial charge in [-0.2, -0.15) is 0 Å². The molecule has 0 saturated carbocycles. The van der Waals surface area contributed by atoms with Crippen molar-refractivity contribution in [2.75, 3.05) is 13.0 Å². The van der Waals surface area contributed by atoms with Gasteiger partial charge >= 0.3 is 0 Å². The Balaban J connectivity index is 2.13. The molecule has 1 aromatic heterocycles. The minimum Gasteiger partial charge on any atom is -0.322 e. The molecule has 0 bridgehead atoms. The van der Waals surface area contributed by atoms with Crippen LogP contribution in [0.4, 0.5) is 0 Å². The van der Waals surface area contributed by atoms with Crippen molar-refractivity contribution in [1.29, 1.82) is 0 Å². The lowest BCUT2D eigenvalue weighted by Gasteiger charge is -2.16. The highest BCUT2D eigenvalue weighted by atomic mass is 35.5. The zero-order valence-electron chi connectivity index (χ0n) is 23.9. The second-order valence-electron chi connectivity index (χ2n) is 4.85. The van der Waals surface area contributed by atoms with Gasteiger partial charge in [0.15, 0.2) is 0 Å². The molecule has 3 aromatic rings. The van der Waals surface area contributed by atoms with E-state index in [1.807, 2.05) is 0 Å². The fourth-order valence-electron chi connectivity index (χ4n) is 2.21. The third kappa shape index (κ3) is 3.12. The lowest BCUT2D eigenvalue weighted by Crippen LogP contribution is -2.21. The summed E-state index contributed by atoms with van der Waals surface area (Å²) in [5.74, 6) is -0.797. The lowest BCUT2D eigenvalue weighted by molar-refractivity contribution is 0.318. The number of halogens is 1. The third-order valence-corrected chi connectivity index (χ3v) is 3.52. The minimum atomic E-state index is -3.06. The molecule has 1 aliphatic rings. The van der Waals surface area contributed by atoms with E-state index >= 15 is 0 Å². The summed E-state index contributed by atoms with van der Waals surface area (Å²) >= 11 is 5.93. The fraction of sp³-hybridized carbons (Fsp3) is 0.316. The molecule has 23 heavy (non-hydrogen) atoms. The topological polar surface area (TPSA) is 21.1 Å². The molecule has 2 aromatic carbocycles. The van der Waals surface area contributed by atoms with Gasteiger partial charge in [0.25, 0.3) is 0 Å². The van der Waals surface area contributed by atoms with Crippen molar-refractivity contribution in [3.63, 3.8) is 0 Å². The maximum atomic E-state index is 8.88. The van der Waals surface area contributed by atoms with Crippen molar-refractivity contribution in [3.8, 4) is 0 Å². The molecular weight excluding hydrogens is 306 g/mol. The Hall–Kier alpha value is -1.84. The van der Waals surface area contributed by atoms with Gasteiger partial charge in [-0.15, -0.1) is 0 Å². The number of hydrogen-bond donors (Lipinski definition) is 0. The molecule has 1 fully saturated rings. The van der Waals surface area contributed by atoms with E-state index < -0.39 is 67.0 Å². The first-order valence-electron chi connectivity index (χ1n) is 13.0. The lowest BCUT2D eigenvalue weighted by atomic mass is 10.2. The van der Waals surface area contributed by atoms with E-state index in [4.69, 9.17) is 28.1 Å². The summed E-state index contributed by atoms with van der Waals surface area (Å²) in [6.07, 6.45) is -0.657. The highest BCUT2D eigenvalue weighted by Crippen LogP contribution is 2.21. The molecular formula is C19H20ClN3. The van der Waals surface area contributed by atoms with Crippen molar-refractivity contribution in [3.05, 3.63) is 64.8 Å². The van der Waals surface area contributed by atoms with Gasteiger partial charge in [0.2, 0.25) is 0 Å². The van der Waals surface area contributed by atoms with E-state index in [-0.39, 0.29) is 18.4 Å². The number of para-hydroxylation sites is 2. The van der Waals surface area contributed by atoms with Crippen molar-refractivity contribution in [2.24, 2.45) is 0 Å². The van der Waals surface area contributed by atoms with Gasteiger partial charge in [-0.25, -0.2) is 4.98 Å². The van der Waals surface area contributed by atoms with Crippen molar-refractivity contribution in [1.82, 2.24) is 14.5 Å². The van der Waals surface area contributed by atoms with Crippen LogP contribution in [0, 0.1) is 0 Å². The van der Waals surface area contributed by atoms with Gasteiger partial charge in [0.05, 0.1) is 28.5 Å². The van der Waals surface area contributed by atoms with Crippen LogP contribution in [-0.4, -0.2) is 27.4 Å². The predicted molar refractivity (Wildman–Crippen MR) is 94.8 cm³/mol. The van der Waals surface area contributed by atoms with Gasteiger partial charge in [-0.05, 0) is 55.6 Å². The summed E-state index contributed by atoms with van der Waals surface area (Å²) in [6, 6.07) is 2.82. The first-order chi connectivity index (χ1) is 15.9. The molecule has 0 atom stereocenters. The summed E-state index contributed by atoms with van der Waals surface area (Å²) in [6.45, 7) is -10.6. The van der Waals surface area contributed by atoms with E-state index in [0.717, 1.165) is 0 Å². The van der Waals surface area contributed by atoms with Crippen molar-refractivity contribution >= 4 is 22.6 Å². The Labute approximate surface area is 158 Å². The van der Waals surface area contributed by atoms with Crippen LogP contribution in [0.1, 0.15) is 40.7 Å². The molecule has 1 saturated heterocycles. The predicted octanol–water partition coefficient (Wildman–Crippen LogP) is 4.33. The number of imidazole rings is 1. The number of likely N-dealkylation sites (tertiary alicyclic amines) is 1. The van der Waals surface area contributed by atoms with Crippen LogP contribution in [0.2, 0.25) is 5.02 Å². The second kappa shape index (κ2) is 6.34. The Kier molecular flexibility index (Phi) is 1.81. The van der Waals surface area contributed by atoms with Gasteiger partial charge in [-0.1, -0.05) is 35.8 Å². The van der Waals surface area contributed by atoms with Crippen molar-refractivity contribution in [2.45, 2.75) is 25.8 Å². The SMILES string of the molecule is [2H]c1c([2H])c([2H])c2c(nc(C([2H])([2H])N3C([2H])([2H])CCC3([2H])[2H])n2C([2H])([2H])c2ccc(Cl)cc2)c1[2H]. The van der Waals surface area contributed by atoms with Gasteiger partial charge < -0.3 is 4.57 Å². The molecule has 0 aliphatic carbocycles. The molecule has 4 heteroatoms. The minimum absolute atomic E-state index is 0.0434. The van der Waals surface area contributed by atoms with Gasteiger partial charge in [-0.3, -0.25) is 4.90 Å². The molecule has 0 amide bonds. The maximum absolute atomic E-state index is 8.88. The number of nitrogens with zero attached hydrogens (tertiary/aromatic N) is 3. The maximum Gasteiger partial charge on any atom is 0.124 e. The highest BCUT2D eigenvalue weighted by molar-refractivity contribution is 6.30. The molecule has 2 heterocycles. The first kappa shape index (κ1) is 6.58. The van der Waals surface area contributed by atoms with Crippen LogP contribution in [-0.2, 0) is 13.0 Å². The Morgan fingerprint density at radius 2 is 1.87 bits per heavy atom. The normalized spacial score (nSPS) is 28.7. The monoisotopic (exact) mass is 337 g/mol. The van der Waals surface area contributed by atoms with Crippen LogP contribution in [0.25, 0.3) is 11.0 Å². The van der Waals surface area contributed by atoms with E-state index in [0.29, 0.717) is 14.5 Å². The smallest absolute Gasteiger partial charge is 0.124 e. The Morgan fingerprint density at radius 3 is 2.65 bits per heavy atom. The molecule has 0 spiro atoms. The number of rotatable bonds is 4. The Bertz CT molecular complexity index is 1300. The highest BCUT2D eigenvalue weighted by Gasteiger charge is 2.17. The molecule has 0 unspecified atom stereocenters. The van der Waals surface area contributed by atoms with E-state index in [1.165, 1.54) is 24.3 Å². The zero-order valence-corrected chi connectivity index (χ0v) is 12.7. The second-order valence-corrected chi connectivity index (χ2v) is 5.29. The van der Waals surface area contributed by atoms with Crippen molar-refractivity contribution < 1.29 is 16.4 Å². The number of benzene rings is 2. The van der Waals surface area contributed by atoms with Gasteiger partial charge in [0.1, 0.15) is 5.82 Å². The van der Waals surface area contributed by atoms with E-state index in [2.05, 4.69) is 4.98 Å². The average Bonchev–Trinajstić information content (AvgIpc) is 3.27. The summed E-state index contributed by atoms with van der Waals surface area (Å²) in [7, 11) is 0.